The first-order chi connectivity index (χ1) is 9.51. The van der Waals surface area contributed by atoms with E-state index in [-0.39, 0.29) is 0 Å². The van der Waals surface area contributed by atoms with Gasteiger partial charge in [0.1, 0.15) is 0 Å². The molecule has 2 aromatic carbocycles. The molecule has 2 heteroatoms. The molecule has 0 saturated heterocycles. The average Bonchev–Trinajstić information content (AvgIpc) is 2.66. The van der Waals surface area contributed by atoms with Crippen LogP contribution >= 0.6 is 0 Å². The van der Waals surface area contributed by atoms with E-state index in [9.17, 15) is 5.11 Å². The van der Waals surface area contributed by atoms with Gasteiger partial charge in [0, 0.05) is 11.1 Å². The van der Waals surface area contributed by atoms with Crippen molar-refractivity contribution < 1.29 is 9.84 Å². The zero-order valence-electron chi connectivity index (χ0n) is 11.6. The molecule has 1 unspecified atom stereocenters. The highest BCUT2D eigenvalue weighted by molar-refractivity contribution is 5.45. The second kappa shape index (κ2) is 4.49. The van der Waals surface area contributed by atoms with Gasteiger partial charge in [0.15, 0.2) is 0 Å². The van der Waals surface area contributed by atoms with Crippen LogP contribution in [0.2, 0.25) is 0 Å². The van der Waals surface area contributed by atoms with Crippen LogP contribution in [0.1, 0.15) is 30.5 Å². The first kappa shape index (κ1) is 12.9. The lowest BCUT2D eigenvalue weighted by Gasteiger charge is -2.22. The van der Waals surface area contributed by atoms with Gasteiger partial charge in [-0.2, -0.15) is 0 Å². The van der Waals surface area contributed by atoms with Gasteiger partial charge in [-0.3, -0.25) is 0 Å². The van der Waals surface area contributed by atoms with Gasteiger partial charge in [0.05, 0.1) is 5.60 Å². The summed E-state index contributed by atoms with van der Waals surface area (Å²) in [7, 11) is 0. The highest BCUT2D eigenvalue weighted by atomic mass is 16.6. The molecule has 0 fully saturated rings. The summed E-state index contributed by atoms with van der Waals surface area (Å²) in [5.41, 5.74) is 2.02. The normalized spacial score (nSPS) is 22.8. The molecule has 1 aliphatic heterocycles. The Kier molecular flexibility index (Phi) is 2.90. The molecular weight excluding hydrogens is 248 g/mol. The summed E-state index contributed by atoms with van der Waals surface area (Å²) in [4.78, 5) is 0. The third kappa shape index (κ3) is 2.12. The van der Waals surface area contributed by atoms with Crippen LogP contribution in [0, 0.1) is 11.8 Å². The van der Waals surface area contributed by atoms with Gasteiger partial charge in [-0.25, -0.2) is 0 Å². The van der Waals surface area contributed by atoms with Gasteiger partial charge in [0.25, 0.3) is 5.79 Å². The number of hydrogen-bond acceptors (Lipinski definition) is 2. The lowest BCUT2D eigenvalue weighted by atomic mass is 9.94. The number of benzene rings is 2. The van der Waals surface area contributed by atoms with Crippen molar-refractivity contribution in [1.29, 1.82) is 0 Å². The van der Waals surface area contributed by atoms with Crippen LogP contribution in [0.4, 0.5) is 0 Å². The van der Waals surface area contributed by atoms with E-state index in [4.69, 9.17) is 4.74 Å². The zero-order chi connectivity index (χ0) is 14.2. The molecule has 0 amide bonds. The molecule has 0 radical (unpaired) electrons. The molecule has 1 heterocycles. The summed E-state index contributed by atoms with van der Waals surface area (Å²) >= 11 is 0. The van der Waals surface area contributed by atoms with Gasteiger partial charge in [-0.15, -0.1) is 0 Å². The third-order valence-electron chi connectivity index (χ3n) is 3.49. The molecule has 1 aliphatic rings. The Morgan fingerprint density at radius 2 is 1.50 bits per heavy atom. The first-order valence-electron chi connectivity index (χ1n) is 6.62. The quantitative estimate of drug-likeness (QED) is 0.741. The lowest BCUT2D eigenvalue weighted by Crippen LogP contribution is -2.27. The predicted molar refractivity (Wildman–Crippen MR) is 77.8 cm³/mol. The maximum absolute atomic E-state index is 10.7. The fourth-order valence-electron chi connectivity index (χ4n) is 2.55. The summed E-state index contributed by atoms with van der Waals surface area (Å²) < 4.78 is 5.81. The Morgan fingerprint density at radius 1 is 0.900 bits per heavy atom. The Labute approximate surface area is 119 Å². The van der Waals surface area contributed by atoms with E-state index in [1.54, 1.807) is 0 Å². The van der Waals surface area contributed by atoms with Crippen LogP contribution in [0.15, 0.2) is 54.6 Å². The molecule has 20 heavy (non-hydrogen) atoms. The van der Waals surface area contributed by atoms with E-state index in [1.807, 2.05) is 68.4 Å². The molecule has 3 rings (SSSR count). The molecule has 2 aromatic rings. The van der Waals surface area contributed by atoms with E-state index in [0.29, 0.717) is 0 Å². The fraction of sp³-hybridized carbons (Fsp3) is 0.222. The number of rotatable bonds is 0. The molecule has 0 spiro atoms. The Balaban J connectivity index is 2.05. The summed E-state index contributed by atoms with van der Waals surface area (Å²) in [5, 5.41) is 10.7. The second-order valence-corrected chi connectivity index (χ2v) is 5.42. The van der Waals surface area contributed by atoms with Gasteiger partial charge < -0.3 is 9.84 Å². The zero-order valence-corrected chi connectivity index (χ0v) is 11.6. The third-order valence-corrected chi connectivity index (χ3v) is 3.49. The first-order valence-corrected chi connectivity index (χ1v) is 6.62. The fourth-order valence-corrected chi connectivity index (χ4v) is 2.55. The van der Waals surface area contributed by atoms with Gasteiger partial charge >= 0.3 is 0 Å². The topological polar surface area (TPSA) is 29.5 Å². The Bertz CT molecular complexity index is 692. The summed E-state index contributed by atoms with van der Waals surface area (Å²) in [6, 6.07) is 17.2. The lowest BCUT2D eigenvalue weighted by molar-refractivity contribution is -0.210. The van der Waals surface area contributed by atoms with Crippen LogP contribution < -0.4 is 0 Å². The molecule has 1 N–H and O–H groups in total. The van der Waals surface area contributed by atoms with Crippen molar-refractivity contribution in [2.45, 2.75) is 25.2 Å². The summed E-state index contributed by atoms with van der Waals surface area (Å²) in [6.07, 6.45) is 0. The number of ether oxygens (including phenoxy) is 1. The number of hydrogen-bond donors (Lipinski definition) is 1. The minimum Gasteiger partial charge on any atom is -0.352 e. The van der Waals surface area contributed by atoms with E-state index < -0.39 is 11.4 Å². The van der Waals surface area contributed by atoms with Crippen molar-refractivity contribution in [3.63, 3.8) is 0 Å². The standard InChI is InChI=1S/C18H16O2/c1-17(2)15-10-6-7-11-16(15)18(19,20-17)13-12-14-8-4-3-5-9-14/h3-11,19H,1-2H3. The van der Waals surface area contributed by atoms with Gasteiger partial charge in [0.2, 0.25) is 0 Å². The van der Waals surface area contributed by atoms with E-state index >= 15 is 0 Å². The highest BCUT2D eigenvalue weighted by Crippen LogP contribution is 2.45. The van der Waals surface area contributed by atoms with Gasteiger partial charge in [-0.1, -0.05) is 48.4 Å². The number of fused-ring (bicyclic) bond motifs is 1. The molecule has 0 aliphatic carbocycles. The molecule has 0 aromatic heterocycles. The summed E-state index contributed by atoms with van der Waals surface area (Å²) in [5.74, 6) is 4.30. The van der Waals surface area contributed by atoms with E-state index in [2.05, 4.69) is 11.8 Å². The largest absolute Gasteiger partial charge is 0.352 e. The van der Waals surface area contributed by atoms with Crippen LogP contribution in [0.25, 0.3) is 0 Å². The number of aliphatic hydroxyl groups is 1. The molecule has 2 nitrogen and oxygen atoms in total. The van der Waals surface area contributed by atoms with Crippen molar-refractivity contribution in [2.75, 3.05) is 0 Å². The van der Waals surface area contributed by atoms with E-state index in [1.165, 1.54) is 0 Å². The molecule has 0 bridgehead atoms. The minimum atomic E-state index is -1.55. The molecule has 1 atom stereocenters. The van der Waals surface area contributed by atoms with Crippen LogP contribution in [0.3, 0.4) is 0 Å². The molecule has 100 valence electrons. The Morgan fingerprint density at radius 3 is 2.20 bits per heavy atom. The van der Waals surface area contributed by atoms with Crippen LogP contribution in [-0.4, -0.2) is 5.11 Å². The maximum Gasteiger partial charge on any atom is 0.260 e. The van der Waals surface area contributed by atoms with Crippen molar-refractivity contribution in [2.24, 2.45) is 0 Å². The summed E-state index contributed by atoms with van der Waals surface area (Å²) in [6.45, 7) is 3.88. The van der Waals surface area contributed by atoms with Crippen LogP contribution in [-0.2, 0) is 16.1 Å². The van der Waals surface area contributed by atoms with E-state index in [0.717, 1.165) is 16.7 Å². The highest BCUT2D eigenvalue weighted by Gasteiger charge is 2.46. The van der Waals surface area contributed by atoms with Crippen molar-refractivity contribution in [3.8, 4) is 11.8 Å². The molecule has 0 saturated carbocycles. The minimum absolute atomic E-state index is 0.545. The van der Waals surface area contributed by atoms with Crippen molar-refractivity contribution in [1.82, 2.24) is 0 Å². The average molecular weight is 264 g/mol. The van der Waals surface area contributed by atoms with Gasteiger partial charge in [-0.05, 0) is 37.5 Å². The van der Waals surface area contributed by atoms with Crippen molar-refractivity contribution >= 4 is 0 Å². The smallest absolute Gasteiger partial charge is 0.260 e. The SMILES string of the molecule is CC1(C)OC(O)(C#Cc2ccccc2)c2ccccc21. The molecular formula is C18H16O2. The monoisotopic (exact) mass is 264 g/mol. The Hall–Kier alpha value is -2.08. The maximum atomic E-state index is 10.7. The van der Waals surface area contributed by atoms with Crippen molar-refractivity contribution in [3.05, 3.63) is 71.3 Å². The predicted octanol–water partition coefficient (Wildman–Crippen LogP) is 3.15. The van der Waals surface area contributed by atoms with Crippen LogP contribution in [0.5, 0.6) is 0 Å². The second-order valence-electron chi connectivity index (χ2n) is 5.42.